The molecule has 2 aliphatic heterocycles. The fourth-order valence-corrected chi connectivity index (χ4v) is 4.46. The third-order valence-corrected chi connectivity index (χ3v) is 5.43. The zero-order chi connectivity index (χ0) is 16.2. The first kappa shape index (κ1) is 14.4. The van der Waals surface area contributed by atoms with Gasteiger partial charge in [-0.2, -0.15) is 0 Å². The molecule has 1 aromatic rings. The molecule has 23 heavy (non-hydrogen) atoms. The molecule has 0 aromatic heterocycles. The van der Waals surface area contributed by atoms with Gasteiger partial charge in [-0.15, -0.1) is 0 Å². The Kier molecular flexibility index (Phi) is 3.08. The Hall–Kier alpha value is -2.17. The van der Waals surface area contributed by atoms with Crippen molar-refractivity contribution in [2.24, 2.45) is 5.92 Å². The highest BCUT2D eigenvalue weighted by atomic mass is 16.5. The van der Waals surface area contributed by atoms with Gasteiger partial charge in [-0.25, -0.2) is 0 Å². The molecular formula is C18H21NO4. The predicted molar refractivity (Wildman–Crippen MR) is 84.5 cm³/mol. The number of allylic oxidation sites excluding steroid dienone is 1. The molecule has 4 rings (SSSR count). The van der Waals surface area contributed by atoms with Crippen LogP contribution in [0, 0.1) is 5.92 Å². The summed E-state index contributed by atoms with van der Waals surface area (Å²) < 4.78 is 11.6. The average Bonchev–Trinajstić information content (AvgIpc) is 2.53. The Morgan fingerprint density at radius 3 is 3.00 bits per heavy atom. The van der Waals surface area contributed by atoms with Crippen LogP contribution in [0.1, 0.15) is 44.1 Å². The molecule has 1 saturated heterocycles. The van der Waals surface area contributed by atoms with Crippen LogP contribution in [0.4, 0.5) is 0 Å². The van der Waals surface area contributed by atoms with Crippen molar-refractivity contribution in [2.75, 3.05) is 7.11 Å². The number of carbonyl (C=O) groups is 1. The van der Waals surface area contributed by atoms with Crippen molar-refractivity contribution in [3.63, 3.8) is 0 Å². The number of hydrogen-bond donors (Lipinski definition) is 2. The number of carbonyl (C=O) groups excluding carboxylic acids is 1. The minimum atomic E-state index is -0.638. The summed E-state index contributed by atoms with van der Waals surface area (Å²) in [5.41, 5.74) is 0.760. The van der Waals surface area contributed by atoms with Crippen molar-refractivity contribution in [1.82, 2.24) is 5.32 Å². The van der Waals surface area contributed by atoms with Crippen molar-refractivity contribution in [2.45, 2.75) is 44.2 Å². The van der Waals surface area contributed by atoms with Gasteiger partial charge in [-0.3, -0.25) is 4.79 Å². The molecule has 5 nitrogen and oxygen atoms in total. The smallest absolute Gasteiger partial charge is 0.254 e. The summed E-state index contributed by atoms with van der Waals surface area (Å²) in [4.78, 5) is 12.6. The summed E-state index contributed by atoms with van der Waals surface area (Å²) in [5, 5.41) is 13.2. The van der Waals surface area contributed by atoms with Gasteiger partial charge >= 0.3 is 0 Å². The third kappa shape index (κ3) is 1.95. The standard InChI is InChI=1S/C18H21NO4/c1-10(20)15-16-12-9-11(22-2)6-7-14(12)23-18(19-17(15)21)8-4-3-5-13(16)18/h6-7,9,13,16,20H,3-5,8H2,1-2H3,(H,19,21). The Balaban J connectivity index is 1.95. The number of aliphatic hydroxyl groups is 1. The third-order valence-electron chi connectivity index (χ3n) is 5.43. The number of rotatable bonds is 1. The van der Waals surface area contributed by atoms with Crippen LogP contribution < -0.4 is 14.8 Å². The van der Waals surface area contributed by atoms with Crippen LogP contribution in [0.5, 0.6) is 11.5 Å². The van der Waals surface area contributed by atoms with Crippen molar-refractivity contribution >= 4 is 5.91 Å². The molecule has 1 aromatic carbocycles. The molecule has 1 aliphatic carbocycles. The van der Waals surface area contributed by atoms with Crippen molar-refractivity contribution in [3.8, 4) is 11.5 Å². The first-order chi connectivity index (χ1) is 11.1. The van der Waals surface area contributed by atoms with Crippen molar-refractivity contribution in [1.29, 1.82) is 0 Å². The highest BCUT2D eigenvalue weighted by Gasteiger charge is 2.57. The SMILES string of the molecule is COc1ccc2c(c1)C1C(=C(C)O)C(=O)NC3(CCCCC13)O2. The van der Waals surface area contributed by atoms with E-state index >= 15 is 0 Å². The zero-order valence-electron chi connectivity index (χ0n) is 13.4. The molecule has 122 valence electrons. The second-order valence-electron chi connectivity index (χ2n) is 6.68. The number of hydrogen-bond acceptors (Lipinski definition) is 4. The maximum absolute atomic E-state index is 12.6. The molecule has 2 heterocycles. The van der Waals surface area contributed by atoms with E-state index in [0.29, 0.717) is 5.57 Å². The lowest BCUT2D eigenvalue weighted by atomic mass is 9.64. The average molecular weight is 315 g/mol. The van der Waals surface area contributed by atoms with E-state index in [1.807, 2.05) is 18.2 Å². The van der Waals surface area contributed by atoms with Gasteiger partial charge in [0, 0.05) is 23.8 Å². The van der Waals surface area contributed by atoms with Gasteiger partial charge < -0.3 is 19.9 Å². The van der Waals surface area contributed by atoms with E-state index in [2.05, 4.69) is 5.32 Å². The number of ether oxygens (including phenoxy) is 2. The first-order valence-electron chi connectivity index (χ1n) is 8.15. The maximum atomic E-state index is 12.6. The Bertz CT molecular complexity index is 707. The van der Waals surface area contributed by atoms with E-state index in [1.54, 1.807) is 14.0 Å². The number of methoxy groups -OCH3 is 1. The lowest BCUT2D eigenvalue weighted by Gasteiger charge is -2.54. The minimum absolute atomic E-state index is 0.0855. The lowest BCUT2D eigenvalue weighted by Crippen LogP contribution is -2.66. The molecule has 0 spiro atoms. The van der Waals surface area contributed by atoms with E-state index in [0.717, 1.165) is 42.7 Å². The van der Waals surface area contributed by atoms with E-state index in [1.165, 1.54) is 0 Å². The van der Waals surface area contributed by atoms with Crippen LogP contribution in [0.25, 0.3) is 0 Å². The highest BCUT2D eigenvalue weighted by molar-refractivity contribution is 5.97. The van der Waals surface area contributed by atoms with E-state index in [-0.39, 0.29) is 23.5 Å². The zero-order valence-corrected chi connectivity index (χ0v) is 13.4. The molecule has 2 N–H and O–H groups in total. The second kappa shape index (κ2) is 4.91. The molecule has 3 aliphatic rings. The fourth-order valence-electron chi connectivity index (χ4n) is 4.46. The van der Waals surface area contributed by atoms with Gasteiger partial charge in [-0.1, -0.05) is 6.42 Å². The first-order valence-corrected chi connectivity index (χ1v) is 8.15. The molecule has 1 amide bonds. The molecule has 2 fully saturated rings. The largest absolute Gasteiger partial charge is 0.512 e. The van der Waals surface area contributed by atoms with Gasteiger partial charge in [0.1, 0.15) is 11.5 Å². The van der Waals surface area contributed by atoms with Gasteiger partial charge in [0.05, 0.1) is 18.4 Å². The Morgan fingerprint density at radius 2 is 2.26 bits per heavy atom. The summed E-state index contributed by atoms with van der Waals surface area (Å²) in [6, 6.07) is 5.70. The molecular weight excluding hydrogens is 294 g/mol. The summed E-state index contributed by atoms with van der Waals surface area (Å²) in [6.07, 6.45) is 3.92. The van der Waals surface area contributed by atoms with Gasteiger partial charge in [0.2, 0.25) is 0 Å². The van der Waals surface area contributed by atoms with Gasteiger partial charge in [0.25, 0.3) is 5.91 Å². The highest BCUT2D eigenvalue weighted by Crippen LogP contribution is 2.56. The monoisotopic (exact) mass is 315 g/mol. The number of nitrogens with one attached hydrogen (secondary N) is 1. The molecule has 5 heteroatoms. The normalized spacial score (nSPS) is 33.7. The van der Waals surface area contributed by atoms with Crippen LogP contribution in [-0.4, -0.2) is 23.8 Å². The number of amides is 1. The van der Waals surface area contributed by atoms with Crippen LogP contribution >= 0.6 is 0 Å². The summed E-state index contributed by atoms with van der Waals surface area (Å²) in [7, 11) is 1.62. The summed E-state index contributed by atoms with van der Waals surface area (Å²) in [5.74, 6) is 1.37. The topological polar surface area (TPSA) is 67.8 Å². The number of fused-ring (bicyclic) bond motifs is 2. The number of aliphatic hydroxyl groups excluding tert-OH is 1. The van der Waals surface area contributed by atoms with Crippen molar-refractivity contribution in [3.05, 3.63) is 35.1 Å². The quantitative estimate of drug-likeness (QED) is 0.617. The van der Waals surface area contributed by atoms with Crippen LogP contribution in [0.15, 0.2) is 29.5 Å². The molecule has 3 atom stereocenters. The minimum Gasteiger partial charge on any atom is -0.512 e. The van der Waals surface area contributed by atoms with Gasteiger partial charge in [0.15, 0.2) is 5.72 Å². The van der Waals surface area contributed by atoms with E-state index in [4.69, 9.17) is 9.47 Å². The van der Waals surface area contributed by atoms with E-state index in [9.17, 15) is 9.90 Å². The molecule has 3 unspecified atom stereocenters. The van der Waals surface area contributed by atoms with Gasteiger partial charge in [-0.05, 0) is 38.0 Å². The van der Waals surface area contributed by atoms with Crippen molar-refractivity contribution < 1.29 is 19.4 Å². The van der Waals surface area contributed by atoms with Crippen LogP contribution in [0.3, 0.4) is 0 Å². The predicted octanol–water partition coefficient (Wildman–Crippen LogP) is 3.02. The van der Waals surface area contributed by atoms with Crippen LogP contribution in [0.2, 0.25) is 0 Å². The number of benzene rings is 1. The maximum Gasteiger partial charge on any atom is 0.254 e. The molecule has 0 radical (unpaired) electrons. The molecule has 1 saturated carbocycles. The second-order valence-corrected chi connectivity index (χ2v) is 6.68. The number of piperidine rings is 1. The van der Waals surface area contributed by atoms with Crippen LogP contribution in [-0.2, 0) is 4.79 Å². The molecule has 2 bridgehead atoms. The van der Waals surface area contributed by atoms with E-state index < -0.39 is 5.72 Å². The summed E-state index contributed by atoms with van der Waals surface area (Å²) in [6.45, 7) is 1.58. The lowest BCUT2D eigenvalue weighted by molar-refractivity contribution is -0.140. The summed E-state index contributed by atoms with van der Waals surface area (Å²) >= 11 is 0. The Labute approximate surface area is 135 Å². The Morgan fingerprint density at radius 1 is 1.43 bits per heavy atom. The fraction of sp³-hybridized carbons (Fsp3) is 0.500.